The lowest BCUT2D eigenvalue weighted by Gasteiger charge is -2.20. The van der Waals surface area contributed by atoms with E-state index < -0.39 is 30.5 Å². The molecule has 0 bridgehead atoms. The molecule has 0 spiro atoms. The second kappa shape index (κ2) is 27.1. The van der Waals surface area contributed by atoms with Crippen molar-refractivity contribution < 1.29 is 44.5 Å². The van der Waals surface area contributed by atoms with E-state index in [-0.39, 0.29) is 38.5 Å². The first-order valence-corrected chi connectivity index (χ1v) is 17.7. The highest BCUT2D eigenvalue weighted by atomic mass is 16.5. The molecule has 260 valence electrons. The van der Waals surface area contributed by atoms with Crippen molar-refractivity contribution in [3.05, 3.63) is 11.6 Å². The van der Waals surface area contributed by atoms with E-state index in [1.807, 2.05) is 6.92 Å². The van der Waals surface area contributed by atoms with Gasteiger partial charge in [-0.15, -0.1) is 0 Å². The molecule has 5 N–H and O–H groups in total. The zero-order valence-corrected chi connectivity index (χ0v) is 27.9. The molecule has 1 heterocycles. The molecule has 44 heavy (non-hydrogen) atoms. The molecule has 0 aromatic heterocycles. The van der Waals surface area contributed by atoms with Crippen LogP contribution in [0.4, 0.5) is 0 Å². The monoisotopic (exact) mass is 630 g/mol. The number of cyclic esters (lactones) is 1. The zero-order chi connectivity index (χ0) is 32.4. The molecule has 0 saturated carbocycles. The zero-order valence-electron chi connectivity index (χ0n) is 27.9. The first kappa shape index (κ1) is 41.0. The van der Waals surface area contributed by atoms with Gasteiger partial charge in [-0.05, 0) is 38.2 Å². The van der Waals surface area contributed by atoms with Crippen LogP contribution in [0.3, 0.4) is 0 Å². The molecule has 0 amide bonds. The summed E-state index contributed by atoms with van der Waals surface area (Å²) in [4.78, 5) is 11.3. The largest absolute Gasteiger partial charge is 0.455 e. The van der Waals surface area contributed by atoms with Gasteiger partial charge in [0.1, 0.15) is 18.3 Å². The molecule has 0 saturated heterocycles. The summed E-state index contributed by atoms with van der Waals surface area (Å²) >= 11 is 0. The van der Waals surface area contributed by atoms with Gasteiger partial charge < -0.3 is 39.7 Å². The summed E-state index contributed by atoms with van der Waals surface area (Å²) in [5, 5.41) is 50.6. The maximum Gasteiger partial charge on any atom is 0.331 e. The van der Waals surface area contributed by atoms with Crippen molar-refractivity contribution in [2.75, 3.05) is 26.4 Å². The van der Waals surface area contributed by atoms with Crippen LogP contribution >= 0.6 is 0 Å². The first-order chi connectivity index (χ1) is 21.2. The van der Waals surface area contributed by atoms with Crippen molar-refractivity contribution in [2.45, 2.75) is 179 Å². The molecule has 9 heteroatoms. The predicted molar refractivity (Wildman–Crippen MR) is 173 cm³/mol. The molecular formula is C35H66O9. The summed E-state index contributed by atoms with van der Waals surface area (Å²) in [6, 6.07) is 0. The van der Waals surface area contributed by atoms with E-state index in [1.54, 1.807) is 0 Å². The van der Waals surface area contributed by atoms with Crippen LogP contribution in [0.1, 0.15) is 142 Å². The Kier molecular flexibility index (Phi) is 25.2. The number of hydrogen-bond acceptors (Lipinski definition) is 9. The Morgan fingerprint density at radius 2 is 1.00 bits per heavy atom. The highest BCUT2D eigenvalue weighted by Gasteiger charge is 2.23. The predicted octanol–water partition coefficient (Wildman–Crippen LogP) is 5.52. The fraction of sp³-hybridized carbons (Fsp3) is 0.914. The number of esters is 1. The van der Waals surface area contributed by atoms with Crippen molar-refractivity contribution in [3.63, 3.8) is 0 Å². The standard InChI is InChI=1S/C35H66O9/c1-3-4-5-6-7-10-14-17-20-31(37)24-42-26-33(39)34(40)27-43-25-32(38)21-18-15-12-9-8-11-13-16-19-30(36)22-29-23-35(41)44-28(29)2/h23,28,30-34,36-40H,3-22,24-27H2,1-2H3/t28-,30+,31-,32-,33-,34-/m0/s1. The molecule has 9 nitrogen and oxygen atoms in total. The highest BCUT2D eigenvalue weighted by molar-refractivity contribution is 5.85. The van der Waals surface area contributed by atoms with E-state index in [9.17, 15) is 30.3 Å². The Hall–Kier alpha value is -1.07. The first-order valence-electron chi connectivity index (χ1n) is 17.7. The van der Waals surface area contributed by atoms with Crippen molar-refractivity contribution >= 4 is 5.97 Å². The lowest BCUT2D eigenvalue weighted by Crippen LogP contribution is -2.36. The Morgan fingerprint density at radius 3 is 1.39 bits per heavy atom. The fourth-order valence-corrected chi connectivity index (χ4v) is 5.52. The van der Waals surface area contributed by atoms with Crippen LogP contribution < -0.4 is 0 Å². The number of carbonyl (C=O) groups is 1. The third kappa shape index (κ3) is 22.4. The molecule has 1 rings (SSSR count). The normalized spacial score (nSPS) is 18.6. The average Bonchev–Trinajstić information content (AvgIpc) is 3.30. The Morgan fingerprint density at radius 1 is 0.614 bits per heavy atom. The van der Waals surface area contributed by atoms with Crippen molar-refractivity contribution in [3.8, 4) is 0 Å². The molecular weight excluding hydrogens is 564 g/mol. The SMILES string of the molecule is CCCCCCCCCC[C@H](O)COC[C@H](O)[C@@H](O)COC[C@@H](O)CCCCCCCCCC[C@@H](O)CC1=CC(=O)O[C@H]1C. The van der Waals surface area contributed by atoms with Crippen LogP contribution in [0.15, 0.2) is 11.6 Å². The van der Waals surface area contributed by atoms with E-state index in [1.165, 1.54) is 44.6 Å². The van der Waals surface area contributed by atoms with Gasteiger partial charge in [0.25, 0.3) is 0 Å². The molecule has 0 unspecified atom stereocenters. The Bertz CT molecular complexity index is 716. The molecule has 0 aromatic rings. The van der Waals surface area contributed by atoms with Gasteiger partial charge in [0, 0.05) is 6.08 Å². The summed E-state index contributed by atoms with van der Waals surface area (Å²) in [5.41, 5.74) is 0.883. The van der Waals surface area contributed by atoms with Gasteiger partial charge in [-0.1, -0.05) is 110 Å². The summed E-state index contributed by atoms with van der Waals surface area (Å²) in [6.45, 7) is 4.17. The number of unbranched alkanes of at least 4 members (excludes halogenated alkanes) is 14. The van der Waals surface area contributed by atoms with E-state index in [2.05, 4.69) is 6.92 Å². The molecule has 1 aliphatic rings. The lowest BCUT2D eigenvalue weighted by atomic mass is 9.99. The second-order valence-corrected chi connectivity index (χ2v) is 12.8. The third-order valence-corrected chi connectivity index (χ3v) is 8.45. The third-order valence-electron chi connectivity index (χ3n) is 8.45. The van der Waals surface area contributed by atoms with Gasteiger partial charge in [0.15, 0.2) is 0 Å². The molecule has 0 aliphatic carbocycles. The van der Waals surface area contributed by atoms with Crippen LogP contribution in [-0.2, 0) is 19.0 Å². The van der Waals surface area contributed by atoms with E-state index >= 15 is 0 Å². The second-order valence-electron chi connectivity index (χ2n) is 12.8. The van der Waals surface area contributed by atoms with Crippen LogP contribution in [0.25, 0.3) is 0 Å². The summed E-state index contributed by atoms with van der Waals surface area (Å²) in [6.07, 6.45) is 18.4. The quantitative estimate of drug-likeness (QED) is 0.0494. The van der Waals surface area contributed by atoms with E-state index in [0.717, 1.165) is 76.2 Å². The van der Waals surface area contributed by atoms with Crippen LogP contribution in [-0.4, -0.2) is 94.6 Å². The smallest absolute Gasteiger partial charge is 0.331 e. The number of ether oxygens (including phenoxy) is 3. The minimum Gasteiger partial charge on any atom is -0.455 e. The minimum absolute atomic E-state index is 0.0691. The van der Waals surface area contributed by atoms with Crippen molar-refractivity contribution in [1.29, 1.82) is 0 Å². The topological polar surface area (TPSA) is 146 Å². The van der Waals surface area contributed by atoms with Crippen LogP contribution in [0.5, 0.6) is 0 Å². The maximum atomic E-state index is 11.3. The van der Waals surface area contributed by atoms with Gasteiger partial charge in [0.05, 0.1) is 44.7 Å². The van der Waals surface area contributed by atoms with Gasteiger partial charge in [-0.2, -0.15) is 0 Å². The molecule has 0 radical (unpaired) electrons. The number of aliphatic hydroxyl groups excluding tert-OH is 5. The van der Waals surface area contributed by atoms with Crippen molar-refractivity contribution in [2.24, 2.45) is 0 Å². The van der Waals surface area contributed by atoms with Gasteiger partial charge in [-0.3, -0.25) is 0 Å². The lowest BCUT2D eigenvalue weighted by molar-refractivity contribution is -0.138. The Balaban J connectivity index is 1.89. The van der Waals surface area contributed by atoms with Crippen molar-refractivity contribution in [1.82, 2.24) is 0 Å². The summed E-state index contributed by atoms with van der Waals surface area (Å²) in [7, 11) is 0. The van der Waals surface area contributed by atoms with Gasteiger partial charge in [-0.25, -0.2) is 4.79 Å². The number of carbonyl (C=O) groups excluding carboxylic acids is 1. The molecule has 0 fully saturated rings. The average molecular weight is 631 g/mol. The number of hydrogen-bond donors (Lipinski definition) is 5. The van der Waals surface area contributed by atoms with Gasteiger partial charge in [0.2, 0.25) is 0 Å². The summed E-state index contributed by atoms with van der Waals surface area (Å²) < 4.78 is 15.9. The summed E-state index contributed by atoms with van der Waals surface area (Å²) in [5.74, 6) is -0.312. The van der Waals surface area contributed by atoms with E-state index in [0.29, 0.717) is 19.3 Å². The Labute approximate surface area is 267 Å². The number of aliphatic hydroxyl groups is 5. The minimum atomic E-state index is -1.11. The number of rotatable bonds is 31. The highest BCUT2D eigenvalue weighted by Crippen LogP contribution is 2.22. The molecule has 0 aromatic carbocycles. The molecule has 1 aliphatic heterocycles. The van der Waals surface area contributed by atoms with Crippen LogP contribution in [0, 0.1) is 0 Å². The maximum absolute atomic E-state index is 11.3. The fourth-order valence-electron chi connectivity index (χ4n) is 5.52. The molecule has 6 atom stereocenters. The van der Waals surface area contributed by atoms with Gasteiger partial charge >= 0.3 is 5.97 Å². The van der Waals surface area contributed by atoms with E-state index in [4.69, 9.17) is 14.2 Å². The van der Waals surface area contributed by atoms with Crippen LogP contribution in [0.2, 0.25) is 0 Å².